The summed E-state index contributed by atoms with van der Waals surface area (Å²) in [4.78, 5) is 0. The summed E-state index contributed by atoms with van der Waals surface area (Å²) in [6, 6.07) is 12.2. The summed E-state index contributed by atoms with van der Waals surface area (Å²) < 4.78 is 57.6. The average molecular weight is 362 g/mol. The minimum absolute atomic E-state index is 0.0168. The highest BCUT2D eigenvalue weighted by molar-refractivity contribution is 5.59. The van der Waals surface area contributed by atoms with E-state index in [1.807, 2.05) is 12.1 Å². The van der Waals surface area contributed by atoms with Crippen LogP contribution in [0.25, 0.3) is 11.5 Å². The summed E-state index contributed by atoms with van der Waals surface area (Å²) in [6.45, 7) is 0. The fourth-order valence-corrected chi connectivity index (χ4v) is 2.75. The Hall–Kier alpha value is -2.70. The molecule has 3 aromatic rings. The highest BCUT2D eigenvalue weighted by atomic mass is 19.4. The lowest BCUT2D eigenvalue weighted by Gasteiger charge is -2.09. The van der Waals surface area contributed by atoms with Crippen LogP contribution in [0.2, 0.25) is 0 Å². The molecule has 1 aromatic heterocycles. The van der Waals surface area contributed by atoms with Crippen LogP contribution in [0.4, 0.5) is 17.6 Å². The smallest absolute Gasteiger partial charge is 0.416 e. The van der Waals surface area contributed by atoms with Crippen molar-refractivity contribution in [1.82, 2.24) is 10.2 Å². The van der Waals surface area contributed by atoms with Crippen molar-refractivity contribution in [2.45, 2.75) is 31.1 Å². The molecule has 0 radical (unpaired) electrons. The molecule has 0 amide bonds. The highest BCUT2D eigenvalue weighted by Gasteiger charge is 2.50. The van der Waals surface area contributed by atoms with Crippen molar-refractivity contribution >= 4 is 0 Å². The monoisotopic (exact) mass is 362 g/mol. The second-order valence-corrected chi connectivity index (χ2v) is 6.41. The summed E-state index contributed by atoms with van der Waals surface area (Å²) in [6.07, 6.45) is -3.21. The summed E-state index contributed by atoms with van der Waals surface area (Å²) in [5, 5.41) is 7.73. The second-order valence-electron chi connectivity index (χ2n) is 6.41. The van der Waals surface area contributed by atoms with Crippen LogP contribution >= 0.6 is 0 Å². The first kappa shape index (κ1) is 16.8. The van der Waals surface area contributed by atoms with Gasteiger partial charge in [-0.25, -0.2) is 4.39 Å². The van der Waals surface area contributed by atoms with Gasteiger partial charge in [0.1, 0.15) is 0 Å². The predicted molar refractivity (Wildman–Crippen MR) is 86.0 cm³/mol. The van der Waals surface area contributed by atoms with Crippen LogP contribution < -0.4 is 0 Å². The van der Waals surface area contributed by atoms with E-state index in [1.54, 1.807) is 12.1 Å². The molecule has 7 heteroatoms. The average Bonchev–Trinajstić information content (AvgIpc) is 3.17. The van der Waals surface area contributed by atoms with E-state index in [0.29, 0.717) is 30.4 Å². The van der Waals surface area contributed by atoms with E-state index in [1.165, 1.54) is 12.1 Å². The molecular weight excluding hydrogens is 348 g/mol. The largest absolute Gasteiger partial charge is 0.417 e. The Labute approximate surface area is 146 Å². The first-order valence-electron chi connectivity index (χ1n) is 8.12. The molecule has 1 aliphatic rings. The molecule has 0 bridgehead atoms. The van der Waals surface area contributed by atoms with E-state index in [9.17, 15) is 17.6 Å². The van der Waals surface area contributed by atoms with Crippen molar-refractivity contribution in [2.24, 2.45) is 0 Å². The van der Waals surface area contributed by atoms with Crippen LogP contribution in [-0.4, -0.2) is 10.2 Å². The molecule has 0 N–H and O–H groups in total. The van der Waals surface area contributed by atoms with E-state index < -0.39 is 17.4 Å². The third kappa shape index (κ3) is 3.21. The first-order chi connectivity index (χ1) is 12.4. The number of rotatable bonds is 4. The van der Waals surface area contributed by atoms with Gasteiger partial charge in [-0.3, -0.25) is 0 Å². The normalized spacial score (nSPS) is 15.8. The van der Waals surface area contributed by atoms with Crippen LogP contribution in [0.15, 0.2) is 52.9 Å². The summed E-state index contributed by atoms with van der Waals surface area (Å²) >= 11 is 0. The van der Waals surface area contributed by atoms with Crippen molar-refractivity contribution in [3.8, 4) is 11.5 Å². The van der Waals surface area contributed by atoms with Crippen LogP contribution in [0.1, 0.15) is 35.4 Å². The third-order valence-corrected chi connectivity index (χ3v) is 4.42. The van der Waals surface area contributed by atoms with E-state index in [2.05, 4.69) is 10.2 Å². The number of aromatic nitrogens is 2. The number of alkyl halides is 4. The zero-order valence-electron chi connectivity index (χ0n) is 13.6. The summed E-state index contributed by atoms with van der Waals surface area (Å²) in [5.74, 6) is 0.197. The maximum atomic E-state index is 14.1. The molecule has 0 aliphatic heterocycles. The highest BCUT2D eigenvalue weighted by Crippen LogP contribution is 2.49. The van der Waals surface area contributed by atoms with Gasteiger partial charge in [-0.1, -0.05) is 30.3 Å². The lowest BCUT2D eigenvalue weighted by molar-refractivity contribution is -0.137. The molecule has 0 spiro atoms. The third-order valence-electron chi connectivity index (χ3n) is 4.42. The van der Waals surface area contributed by atoms with Gasteiger partial charge in [0, 0.05) is 5.56 Å². The maximum absolute atomic E-state index is 14.1. The Morgan fingerprint density at radius 2 is 1.65 bits per heavy atom. The quantitative estimate of drug-likeness (QED) is 0.591. The molecule has 1 aliphatic carbocycles. The molecule has 1 heterocycles. The minimum atomic E-state index is -4.36. The zero-order valence-corrected chi connectivity index (χ0v) is 13.6. The Morgan fingerprint density at radius 1 is 0.962 bits per heavy atom. The topological polar surface area (TPSA) is 38.9 Å². The Morgan fingerprint density at radius 3 is 2.31 bits per heavy atom. The van der Waals surface area contributed by atoms with Gasteiger partial charge in [0.05, 0.1) is 5.56 Å². The zero-order chi connectivity index (χ0) is 18.4. The van der Waals surface area contributed by atoms with Crippen molar-refractivity contribution in [1.29, 1.82) is 0 Å². The number of halogens is 4. The van der Waals surface area contributed by atoms with Gasteiger partial charge in [-0.2, -0.15) is 13.2 Å². The standard InChI is InChI=1S/C19H14F4N2O/c20-18(9-10-18)17-25-24-16(26-17)15-4-2-1-3-13(15)11-12-5-7-14(8-6-12)19(21,22)23/h1-8H,9-11H2. The number of nitrogens with zero attached hydrogens (tertiary/aromatic N) is 2. The van der Waals surface area contributed by atoms with Crippen molar-refractivity contribution in [2.75, 3.05) is 0 Å². The van der Waals surface area contributed by atoms with Gasteiger partial charge in [0.15, 0.2) is 5.67 Å². The van der Waals surface area contributed by atoms with E-state index >= 15 is 0 Å². The van der Waals surface area contributed by atoms with Gasteiger partial charge < -0.3 is 4.42 Å². The maximum Gasteiger partial charge on any atom is 0.416 e. The summed E-state index contributed by atoms with van der Waals surface area (Å²) in [7, 11) is 0. The molecule has 0 saturated heterocycles. The fourth-order valence-electron chi connectivity index (χ4n) is 2.75. The lowest BCUT2D eigenvalue weighted by atomic mass is 9.99. The Balaban J connectivity index is 1.61. The van der Waals surface area contributed by atoms with Crippen LogP contribution in [-0.2, 0) is 18.3 Å². The first-order valence-corrected chi connectivity index (χ1v) is 8.12. The SMILES string of the molecule is FC(F)(F)c1ccc(Cc2ccccc2-c2nnc(C3(F)CC3)o2)cc1. The van der Waals surface area contributed by atoms with Crippen molar-refractivity contribution in [3.63, 3.8) is 0 Å². The molecule has 134 valence electrons. The van der Waals surface area contributed by atoms with Gasteiger partial charge >= 0.3 is 6.18 Å². The lowest BCUT2D eigenvalue weighted by Crippen LogP contribution is -2.04. The van der Waals surface area contributed by atoms with Crippen molar-refractivity contribution < 1.29 is 22.0 Å². The summed E-state index contributed by atoms with van der Waals surface area (Å²) in [5.41, 5.74) is -0.0159. The van der Waals surface area contributed by atoms with Gasteiger partial charge in [0.2, 0.25) is 5.89 Å². The molecule has 1 saturated carbocycles. The predicted octanol–water partition coefficient (Wildman–Crippen LogP) is 5.30. The second kappa shape index (κ2) is 5.93. The van der Waals surface area contributed by atoms with Gasteiger partial charge in [-0.05, 0) is 48.6 Å². The van der Waals surface area contributed by atoms with E-state index in [4.69, 9.17) is 4.42 Å². The molecule has 3 nitrogen and oxygen atoms in total. The Kier molecular flexibility index (Phi) is 3.82. The molecule has 26 heavy (non-hydrogen) atoms. The van der Waals surface area contributed by atoms with Crippen LogP contribution in [0.3, 0.4) is 0 Å². The molecular formula is C19H14F4N2O. The fraction of sp³-hybridized carbons (Fsp3) is 0.263. The molecule has 4 rings (SSSR count). The Bertz CT molecular complexity index is 927. The molecule has 0 atom stereocenters. The number of hydrogen-bond acceptors (Lipinski definition) is 3. The van der Waals surface area contributed by atoms with E-state index in [-0.39, 0.29) is 11.8 Å². The van der Waals surface area contributed by atoms with Gasteiger partial charge in [0.25, 0.3) is 5.89 Å². The molecule has 1 fully saturated rings. The van der Waals surface area contributed by atoms with Crippen LogP contribution in [0, 0.1) is 0 Å². The van der Waals surface area contributed by atoms with Gasteiger partial charge in [-0.15, -0.1) is 10.2 Å². The van der Waals surface area contributed by atoms with E-state index in [0.717, 1.165) is 17.7 Å². The molecule has 0 unspecified atom stereocenters. The number of benzene rings is 2. The number of hydrogen-bond donors (Lipinski definition) is 0. The van der Waals surface area contributed by atoms with Crippen LogP contribution in [0.5, 0.6) is 0 Å². The van der Waals surface area contributed by atoms with Crippen molar-refractivity contribution in [3.05, 3.63) is 71.1 Å². The minimum Gasteiger partial charge on any atom is -0.417 e. The molecule has 2 aromatic carbocycles.